The van der Waals surface area contributed by atoms with Crippen molar-refractivity contribution in [3.63, 3.8) is 0 Å². The van der Waals surface area contributed by atoms with Crippen LogP contribution in [0.4, 0.5) is 5.69 Å². The summed E-state index contributed by atoms with van der Waals surface area (Å²) in [6.45, 7) is 5.29. The number of ether oxygens (including phenoxy) is 2. The van der Waals surface area contributed by atoms with Crippen LogP contribution in [-0.4, -0.2) is 43.5 Å². The average Bonchev–Trinajstić information content (AvgIpc) is 2.69. The minimum atomic E-state index is -0.374. The molecule has 3 amide bonds. The quantitative estimate of drug-likeness (QED) is 0.616. The van der Waals surface area contributed by atoms with E-state index in [1.54, 1.807) is 55.6 Å². The van der Waals surface area contributed by atoms with Crippen molar-refractivity contribution in [1.29, 1.82) is 0 Å². The lowest BCUT2D eigenvalue weighted by atomic mass is 10.1. The Balaban J connectivity index is 1.80. The average molecular weight is 413 g/mol. The van der Waals surface area contributed by atoms with Crippen LogP contribution in [0.1, 0.15) is 31.1 Å². The number of nitrogens with one attached hydrogen (secondary N) is 3. The van der Waals surface area contributed by atoms with E-state index in [1.807, 2.05) is 20.8 Å². The molecule has 0 saturated heterocycles. The Labute approximate surface area is 175 Å². The van der Waals surface area contributed by atoms with Crippen LogP contribution in [0.2, 0.25) is 0 Å². The van der Waals surface area contributed by atoms with Crippen LogP contribution in [0.25, 0.3) is 0 Å². The molecule has 0 aromatic heterocycles. The molecular formula is C22H27N3O5. The lowest BCUT2D eigenvalue weighted by Gasteiger charge is -2.20. The highest BCUT2D eigenvalue weighted by atomic mass is 16.5. The van der Waals surface area contributed by atoms with E-state index in [4.69, 9.17) is 9.47 Å². The third kappa shape index (κ3) is 7.83. The highest BCUT2D eigenvalue weighted by Crippen LogP contribution is 2.17. The maximum atomic E-state index is 12.1. The second-order valence-corrected chi connectivity index (χ2v) is 7.57. The second kappa shape index (κ2) is 10.3. The fourth-order valence-electron chi connectivity index (χ4n) is 2.47. The monoisotopic (exact) mass is 413 g/mol. The number of rotatable bonds is 8. The molecule has 0 radical (unpaired) electrons. The maximum Gasteiger partial charge on any atom is 0.262 e. The zero-order valence-corrected chi connectivity index (χ0v) is 17.6. The van der Waals surface area contributed by atoms with Gasteiger partial charge in [-0.25, -0.2) is 0 Å². The topological polar surface area (TPSA) is 106 Å². The zero-order chi connectivity index (χ0) is 22.1. The highest BCUT2D eigenvalue weighted by Gasteiger charge is 2.15. The van der Waals surface area contributed by atoms with E-state index in [9.17, 15) is 14.4 Å². The van der Waals surface area contributed by atoms with Gasteiger partial charge in [0.05, 0.1) is 13.7 Å². The van der Waals surface area contributed by atoms with Crippen molar-refractivity contribution in [1.82, 2.24) is 10.6 Å². The van der Waals surface area contributed by atoms with E-state index >= 15 is 0 Å². The molecule has 2 aromatic rings. The summed E-state index contributed by atoms with van der Waals surface area (Å²) in [6, 6.07) is 13.3. The van der Waals surface area contributed by atoms with Crippen LogP contribution in [0.3, 0.4) is 0 Å². The lowest BCUT2D eigenvalue weighted by Crippen LogP contribution is -2.45. The Bertz CT molecular complexity index is 888. The smallest absolute Gasteiger partial charge is 0.262 e. The molecule has 0 aliphatic rings. The van der Waals surface area contributed by atoms with Gasteiger partial charge in [0, 0.05) is 22.9 Å². The summed E-state index contributed by atoms with van der Waals surface area (Å²) in [5.74, 6) is 0.116. The molecule has 3 N–H and O–H groups in total. The number of hydrogen-bond donors (Lipinski definition) is 3. The van der Waals surface area contributed by atoms with Crippen molar-refractivity contribution < 1.29 is 23.9 Å². The van der Waals surface area contributed by atoms with Gasteiger partial charge in [-0.05, 0) is 57.2 Å². The summed E-state index contributed by atoms with van der Waals surface area (Å²) < 4.78 is 10.6. The molecule has 2 aromatic carbocycles. The van der Waals surface area contributed by atoms with Crippen molar-refractivity contribution in [2.24, 2.45) is 0 Å². The summed E-state index contributed by atoms with van der Waals surface area (Å²) in [5, 5.41) is 8.04. The SMILES string of the molecule is COc1cccc(NC(=O)COc2ccc(C(=O)NCC(=O)NC(C)(C)C)cc2)c1. The first-order valence-corrected chi connectivity index (χ1v) is 9.42. The third-order valence-electron chi connectivity index (χ3n) is 3.76. The summed E-state index contributed by atoms with van der Waals surface area (Å²) in [4.78, 5) is 35.9. The molecule has 30 heavy (non-hydrogen) atoms. The number of amides is 3. The van der Waals surface area contributed by atoms with Crippen molar-refractivity contribution >= 4 is 23.4 Å². The van der Waals surface area contributed by atoms with Gasteiger partial charge in [-0.3, -0.25) is 14.4 Å². The lowest BCUT2D eigenvalue weighted by molar-refractivity contribution is -0.121. The molecule has 0 atom stereocenters. The van der Waals surface area contributed by atoms with E-state index in [1.165, 1.54) is 0 Å². The number of hydrogen-bond acceptors (Lipinski definition) is 5. The van der Waals surface area contributed by atoms with Crippen molar-refractivity contribution in [2.45, 2.75) is 26.3 Å². The molecule has 8 nitrogen and oxygen atoms in total. The Morgan fingerprint density at radius 1 is 0.933 bits per heavy atom. The van der Waals surface area contributed by atoms with Crippen LogP contribution < -0.4 is 25.4 Å². The van der Waals surface area contributed by atoms with Crippen LogP contribution in [0, 0.1) is 0 Å². The van der Waals surface area contributed by atoms with Crippen molar-refractivity contribution in [3.8, 4) is 11.5 Å². The fourth-order valence-corrected chi connectivity index (χ4v) is 2.47. The molecule has 0 saturated carbocycles. The first kappa shape index (κ1) is 22.7. The van der Waals surface area contributed by atoms with Gasteiger partial charge in [0.25, 0.3) is 11.8 Å². The third-order valence-corrected chi connectivity index (χ3v) is 3.76. The molecule has 0 spiro atoms. The minimum Gasteiger partial charge on any atom is -0.497 e. The van der Waals surface area contributed by atoms with Gasteiger partial charge in [0.1, 0.15) is 11.5 Å². The first-order chi connectivity index (χ1) is 14.2. The second-order valence-electron chi connectivity index (χ2n) is 7.57. The predicted molar refractivity (Wildman–Crippen MR) is 114 cm³/mol. The number of carbonyl (C=O) groups is 3. The Morgan fingerprint density at radius 3 is 2.27 bits per heavy atom. The van der Waals surface area contributed by atoms with Crippen molar-refractivity contribution in [2.75, 3.05) is 25.6 Å². The maximum absolute atomic E-state index is 12.1. The van der Waals surface area contributed by atoms with Crippen LogP contribution in [0.5, 0.6) is 11.5 Å². The van der Waals surface area contributed by atoms with Crippen LogP contribution in [-0.2, 0) is 9.59 Å². The zero-order valence-electron chi connectivity index (χ0n) is 17.6. The van der Waals surface area contributed by atoms with Gasteiger partial charge in [-0.2, -0.15) is 0 Å². The molecule has 8 heteroatoms. The molecule has 0 bridgehead atoms. The van der Waals surface area contributed by atoms with Gasteiger partial charge < -0.3 is 25.4 Å². The van der Waals surface area contributed by atoms with E-state index < -0.39 is 0 Å². The molecular weight excluding hydrogens is 386 g/mol. The summed E-state index contributed by atoms with van der Waals surface area (Å²) in [7, 11) is 1.55. The van der Waals surface area contributed by atoms with Gasteiger partial charge in [-0.1, -0.05) is 6.07 Å². The normalized spacial score (nSPS) is 10.7. The van der Waals surface area contributed by atoms with Gasteiger partial charge in [0.15, 0.2) is 6.61 Å². The van der Waals surface area contributed by atoms with Gasteiger partial charge in [0.2, 0.25) is 5.91 Å². The molecule has 0 heterocycles. The van der Waals surface area contributed by atoms with Crippen LogP contribution in [0.15, 0.2) is 48.5 Å². The minimum absolute atomic E-state index is 0.112. The Morgan fingerprint density at radius 2 is 1.63 bits per heavy atom. The number of methoxy groups -OCH3 is 1. The molecule has 160 valence electrons. The van der Waals surface area contributed by atoms with Crippen molar-refractivity contribution in [3.05, 3.63) is 54.1 Å². The van der Waals surface area contributed by atoms with E-state index in [-0.39, 0.29) is 36.4 Å². The first-order valence-electron chi connectivity index (χ1n) is 9.42. The number of carbonyl (C=O) groups excluding carboxylic acids is 3. The Kier molecular flexibility index (Phi) is 7.80. The summed E-state index contributed by atoms with van der Waals surface area (Å²) in [5.41, 5.74) is 0.622. The van der Waals surface area contributed by atoms with Gasteiger partial charge in [-0.15, -0.1) is 0 Å². The van der Waals surface area contributed by atoms with E-state index in [0.29, 0.717) is 22.7 Å². The summed E-state index contributed by atoms with van der Waals surface area (Å²) >= 11 is 0. The molecule has 0 aliphatic heterocycles. The standard InChI is InChI=1S/C22H27N3O5/c1-22(2,3)25-19(26)13-23-21(28)15-8-10-17(11-9-15)30-14-20(27)24-16-6-5-7-18(12-16)29-4/h5-12H,13-14H2,1-4H3,(H,23,28)(H,24,27)(H,25,26). The fraction of sp³-hybridized carbons (Fsp3) is 0.318. The molecule has 0 aliphatic carbocycles. The van der Waals surface area contributed by atoms with Crippen LogP contribution >= 0.6 is 0 Å². The number of anilines is 1. The predicted octanol–water partition coefficient (Wildman–Crippen LogP) is 2.36. The van der Waals surface area contributed by atoms with E-state index in [0.717, 1.165) is 0 Å². The highest BCUT2D eigenvalue weighted by molar-refractivity contribution is 5.96. The van der Waals surface area contributed by atoms with E-state index in [2.05, 4.69) is 16.0 Å². The largest absolute Gasteiger partial charge is 0.497 e. The van der Waals surface area contributed by atoms with Gasteiger partial charge >= 0.3 is 0 Å². The molecule has 2 rings (SSSR count). The number of benzene rings is 2. The summed E-state index contributed by atoms with van der Waals surface area (Å²) in [6.07, 6.45) is 0. The Hall–Kier alpha value is -3.55. The molecule has 0 unspecified atom stereocenters. The molecule has 0 fully saturated rings.